The van der Waals surface area contributed by atoms with Crippen molar-refractivity contribution in [2.45, 2.75) is 0 Å². The quantitative estimate of drug-likeness (QED) is 0.144. The Morgan fingerprint density at radius 1 is 1.13 bits per heavy atom. The molecular weight excluding hydrogens is 502 g/mol. The maximum Gasteiger partial charge on any atom is 0.345 e. The second kappa shape index (κ2) is 10.9. The van der Waals surface area contributed by atoms with Crippen LogP contribution in [0.4, 0.5) is 5.69 Å². The molecule has 0 amide bonds. The van der Waals surface area contributed by atoms with E-state index in [1.165, 1.54) is 6.21 Å². The molecule has 3 aromatic rings. The van der Waals surface area contributed by atoms with E-state index in [0.29, 0.717) is 21.4 Å². The van der Waals surface area contributed by atoms with Crippen LogP contribution in [0.25, 0.3) is 0 Å². The molecule has 158 valence electrons. The number of hydrazone groups is 1. The van der Waals surface area contributed by atoms with Gasteiger partial charge in [0.05, 0.1) is 23.9 Å². The third-order valence-electron chi connectivity index (χ3n) is 3.99. The van der Waals surface area contributed by atoms with Crippen molar-refractivity contribution in [1.29, 1.82) is 0 Å². The molecule has 0 aromatic heterocycles. The summed E-state index contributed by atoms with van der Waals surface area (Å²) in [5, 5.41) is 7.75. The van der Waals surface area contributed by atoms with Gasteiger partial charge in [-0.2, -0.15) is 5.10 Å². The number of ether oxygens (including phenoxy) is 2. The number of anilines is 1. The lowest BCUT2D eigenvalue weighted by Crippen LogP contribution is -2.23. The van der Waals surface area contributed by atoms with Crippen molar-refractivity contribution in [2.75, 3.05) is 12.4 Å². The number of esters is 1. The Hall–Kier alpha value is -2.94. The SMILES string of the molecule is COc1ccc(NC(=S)NN=Cc2cc(Br)ccc2OC(=O)c2ccccc2Cl)cc1. The molecule has 0 aliphatic heterocycles. The van der Waals surface area contributed by atoms with Gasteiger partial charge in [0.1, 0.15) is 11.5 Å². The van der Waals surface area contributed by atoms with Crippen LogP contribution in [0.1, 0.15) is 15.9 Å². The highest BCUT2D eigenvalue weighted by molar-refractivity contribution is 9.10. The molecule has 31 heavy (non-hydrogen) atoms. The molecule has 3 rings (SSSR count). The van der Waals surface area contributed by atoms with Crippen LogP contribution in [0.5, 0.6) is 11.5 Å². The fraction of sp³-hybridized carbons (Fsp3) is 0.0455. The lowest BCUT2D eigenvalue weighted by molar-refractivity contribution is 0.0734. The topological polar surface area (TPSA) is 71.9 Å². The first-order chi connectivity index (χ1) is 15.0. The van der Waals surface area contributed by atoms with Crippen molar-refractivity contribution in [3.05, 3.63) is 87.4 Å². The molecule has 3 aromatic carbocycles. The fourth-order valence-corrected chi connectivity index (χ4v) is 3.25. The number of methoxy groups -OCH3 is 1. The largest absolute Gasteiger partial charge is 0.497 e. The van der Waals surface area contributed by atoms with Gasteiger partial charge in [0, 0.05) is 15.7 Å². The van der Waals surface area contributed by atoms with E-state index in [-0.39, 0.29) is 5.56 Å². The molecule has 0 aliphatic rings. The molecule has 6 nitrogen and oxygen atoms in total. The van der Waals surface area contributed by atoms with Crippen LogP contribution in [0.15, 0.2) is 76.3 Å². The van der Waals surface area contributed by atoms with Gasteiger partial charge in [0.15, 0.2) is 5.11 Å². The van der Waals surface area contributed by atoms with Gasteiger partial charge in [-0.1, -0.05) is 39.7 Å². The van der Waals surface area contributed by atoms with E-state index in [1.54, 1.807) is 49.6 Å². The minimum absolute atomic E-state index is 0.276. The van der Waals surface area contributed by atoms with E-state index in [2.05, 4.69) is 31.8 Å². The Labute approximate surface area is 198 Å². The summed E-state index contributed by atoms with van der Waals surface area (Å²) in [5.74, 6) is 0.510. The van der Waals surface area contributed by atoms with Crippen LogP contribution in [-0.2, 0) is 0 Å². The summed E-state index contributed by atoms with van der Waals surface area (Å²) >= 11 is 14.7. The van der Waals surface area contributed by atoms with Crippen LogP contribution < -0.4 is 20.2 Å². The van der Waals surface area contributed by atoms with Crippen LogP contribution in [0.2, 0.25) is 5.02 Å². The molecule has 2 N–H and O–H groups in total. The lowest BCUT2D eigenvalue weighted by Gasteiger charge is -2.10. The predicted molar refractivity (Wildman–Crippen MR) is 130 cm³/mol. The third-order valence-corrected chi connectivity index (χ3v) is 5.00. The maximum absolute atomic E-state index is 12.5. The molecule has 0 spiro atoms. The number of benzene rings is 3. The Kier molecular flexibility index (Phi) is 8.00. The predicted octanol–water partition coefficient (Wildman–Crippen LogP) is 5.65. The highest BCUT2D eigenvalue weighted by atomic mass is 79.9. The number of thiocarbonyl (C=S) groups is 1. The average molecular weight is 519 g/mol. The molecule has 0 unspecified atom stereocenters. The first-order valence-electron chi connectivity index (χ1n) is 8.96. The first-order valence-corrected chi connectivity index (χ1v) is 10.5. The van der Waals surface area contributed by atoms with Crippen molar-refractivity contribution in [3.8, 4) is 11.5 Å². The lowest BCUT2D eigenvalue weighted by atomic mass is 10.2. The number of hydrogen-bond donors (Lipinski definition) is 2. The molecule has 0 saturated carbocycles. The van der Waals surface area contributed by atoms with E-state index in [1.807, 2.05) is 24.3 Å². The summed E-state index contributed by atoms with van der Waals surface area (Å²) < 4.78 is 11.4. The van der Waals surface area contributed by atoms with Gasteiger partial charge in [0.25, 0.3) is 0 Å². The molecule has 0 fully saturated rings. The molecule has 0 bridgehead atoms. The zero-order chi connectivity index (χ0) is 22.2. The summed E-state index contributed by atoms with van der Waals surface area (Å²) in [4.78, 5) is 12.5. The molecule has 0 heterocycles. The van der Waals surface area contributed by atoms with Crippen molar-refractivity contribution < 1.29 is 14.3 Å². The van der Waals surface area contributed by atoms with E-state index >= 15 is 0 Å². The van der Waals surface area contributed by atoms with Gasteiger partial charge in [-0.3, -0.25) is 5.43 Å². The minimum atomic E-state index is -0.563. The normalized spacial score (nSPS) is 10.5. The highest BCUT2D eigenvalue weighted by Crippen LogP contribution is 2.24. The Morgan fingerprint density at radius 3 is 2.58 bits per heavy atom. The Bertz CT molecular complexity index is 1120. The van der Waals surface area contributed by atoms with Gasteiger partial charge in [-0.25, -0.2) is 4.79 Å². The van der Waals surface area contributed by atoms with E-state index in [0.717, 1.165) is 15.9 Å². The second-order valence-corrected chi connectivity index (χ2v) is 7.84. The smallest absolute Gasteiger partial charge is 0.345 e. The van der Waals surface area contributed by atoms with Gasteiger partial charge in [-0.15, -0.1) is 0 Å². The molecule has 9 heteroatoms. The number of carbonyl (C=O) groups excluding carboxylic acids is 1. The number of hydrogen-bond acceptors (Lipinski definition) is 5. The fourth-order valence-electron chi connectivity index (χ4n) is 2.49. The van der Waals surface area contributed by atoms with Crippen molar-refractivity contribution in [2.24, 2.45) is 5.10 Å². The van der Waals surface area contributed by atoms with E-state index in [9.17, 15) is 4.79 Å². The van der Waals surface area contributed by atoms with Crippen molar-refractivity contribution in [3.63, 3.8) is 0 Å². The zero-order valence-electron chi connectivity index (χ0n) is 16.3. The summed E-state index contributed by atoms with van der Waals surface area (Å²) in [6.45, 7) is 0. The van der Waals surface area contributed by atoms with Crippen LogP contribution >= 0.6 is 39.7 Å². The van der Waals surface area contributed by atoms with Gasteiger partial charge in [0.2, 0.25) is 0 Å². The maximum atomic E-state index is 12.5. The van der Waals surface area contributed by atoms with Crippen molar-refractivity contribution in [1.82, 2.24) is 5.43 Å². The monoisotopic (exact) mass is 517 g/mol. The first kappa shape index (κ1) is 22.7. The zero-order valence-corrected chi connectivity index (χ0v) is 19.4. The standard InChI is InChI=1S/C22H17BrClN3O3S/c1-29-17-9-7-16(8-10-17)26-22(31)27-25-13-14-12-15(23)6-11-20(14)30-21(28)18-4-2-3-5-19(18)24/h2-13H,1H3,(H2,26,27,31). The third kappa shape index (κ3) is 6.52. The van der Waals surface area contributed by atoms with Crippen molar-refractivity contribution >= 4 is 62.7 Å². The van der Waals surface area contributed by atoms with Crippen LogP contribution in [-0.4, -0.2) is 24.4 Å². The van der Waals surface area contributed by atoms with Gasteiger partial charge < -0.3 is 14.8 Å². The van der Waals surface area contributed by atoms with Crippen LogP contribution in [0.3, 0.4) is 0 Å². The number of halogens is 2. The molecule has 0 saturated heterocycles. The minimum Gasteiger partial charge on any atom is -0.497 e. The summed E-state index contributed by atoms with van der Waals surface area (Å²) in [7, 11) is 1.60. The van der Waals surface area contributed by atoms with E-state index in [4.69, 9.17) is 33.3 Å². The second-order valence-electron chi connectivity index (χ2n) is 6.10. The molecule has 0 atom stereocenters. The molecule has 0 radical (unpaired) electrons. The number of rotatable bonds is 6. The summed E-state index contributed by atoms with van der Waals surface area (Å²) in [5.41, 5.74) is 4.35. The van der Waals surface area contributed by atoms with Gasteiger partial charge >= 0.3 is 5.97 Å². The highest BCUT2D eigenvalue weighted by Gasteiger charge is 2.14. The average Bonchev–Trinajstić information content (AvgIpc) is 2.76. The number of nitrogens with one attached hydrogen (secondary N) is 2. The number of carbonyl (C=O) groups is 1. The summed E-state index contributed by atoms with van der Waals surface area (Å²) in [6, 6.07) is 19.2. The molecular formula is C22H17BrClN3O3S. The van der Waals surface area contributed by atoms with E-state index < -0.39 is 5.97 Å². The summed E-state index contributed by atoms with van der Waals surface area (Å²) in [6.07, 6.45) is 1.50. The Balaban J connectivity index is 1.67. The van der Waals surface area contributed by atoms with Gasteiger partial charge in [-0.05, 0) is 66.8 Å². The Morgan fingerprint density at radius 2 is 1.87 bits per heavy atom. The number of nitrogens with zero attached hydrogens (tertiary/aromatic N) is 1. The molecule has 0 aliphatic carbocycles. The van der Waals surface area contributed by atoms with Crippen LogP contribution in [0, 0.1) is 0 Å².